The van der Waals surface area contributed by atoms with Crippen LogP contribution in [0.25, 0.3) is 5.69 Å². The maximum absolute atomic E-state index is 11.0. The van der Waals surface area contributed by atoms with E-state index < -0.39 is 5.60 Å². The van der Waals surface area contributed by atoms with E-state index in [-0.39, 0.29) is 0 Å². The second-order valence-corrected chi connectivity index (χ2v) is 5.31. The number of hydrogen-bond donors (Lipinski definition) is 1. The molecular weight excluding hydrogens is 238 g/mol. The number of aliphatic hydroxyl groups is 1. The van der Waals surface area contributed by atoms with Crippen molar-refractivity contribution in [3.63, 3.8) is 0 Å². The van der Waals surface area contributed by atoms with Gasteiger partial charge in [-0.1, -0.05) is 49.1 Å². The second-order valence-electron chi connectivity index (χ2n) is 5.31. The predicted octanol–water partition coefficient (Wildman–Crippen LogP) is 2.81. The van der Waals surface area contributed by atoms with E-state index in [0.29, 0.717) is 0 Å². The molecule has 1 N–H and O–H groups in total. The maximum atomic E-state index is 11.0. The quantitative estimate of drug-likeness (QED) is 0.842. The molecule has 0 unspecified atom stereocenters. The number of para-hydroxylation sites is 1. The highest BCUT2D eigenvalue weighted by molar-refractivity contribution is 5.33. The number of benzene rings is 1. The van der Waals surface area contributed by atoms with Gasteiger partial charge in [-0.3, -0.25) is 0 Å². The molecule has 0 spiro atoms. The van der Waals surface area contributed by atoms with Gasteiger partial charge in [0.15, 0.2) is 0 Å². The van der Waals surface area contributed by atoms with Crippen LogP contribution in [0.1, 0.15) is 44.2 Å². The second kappa shape index (κ2) is 5.13. The van der Waals surface area contributed by atoms with Crippen LogP contribution < -0.4 is 0 Å². The largest absolute Gasteiger partial charge is 0.383 e. The van der Waals surface area contributed by atoms with Crippen LogP contribution in [0, 0.1) is 0 Å². The Kier molecular flexibility index (Phi) is 3.34. The molecule has 1 saturated carbocycles. The molecule has 1 aliphatic rings. The molecule has 1 fully saturated rings. The maximum Gasteiger partial charge on any atom is 0.108 e. The van der Waals surface area contributed by atoms with Gasteiger partial charge >= 0.3 is 0 Å². The van der Waals surface area contributed by atoms with Gasteiger partial charge in [0.25, 0.3) is 0 Å². The molecule has 1 aliphatic carbocycles. The summed E-state index contributed by atoms with van der Waals surface area (Å²) in [6.07, 6.45) is 7.84. The Morgan fingerprint density at radius 2 is 1.68 bits per heavy atom. The fourth-order valence-corrected chi connectivity index (χ4v) is 2.88. The van der Waals surface area contributed by atoms with E-state index in [1.807, 2.05) is 30.3 Å². The predicted molar refractivity (Wildman–Crippen MR) is 73.0 cm³/mol. The summed E-state index contributed by atoms with van der Waals surface area (Å²) in [6.45, 7) is 0. The van der Waals surface area contributed by atoms with Crippen LogP contribution >= 0.6 is 0 Å². The SMILES string of the molecule is OC1(c2cnnn2-c2ccccc2)CCCCCC1. The summed E-state index contributed by atoms with van der Waals surface area (Å²) in [7, 11) is 0. The first-order valence-electron chi connectivity index (χ1n) is 6.99. The third kappa shape index (κ3) is 2.40. The summed E-state index contributed by atoms with van der Waals surface area (Å²) in [4.78, 5) is 0. The summed E-state index contributed by atoms with van der Waals surface area (Å²) < 4.78 is 1.77. The van der Waals surface area contributed by atoms with Crippen molar-refractivity contribution in [1.29, 1.82) is 0 Å². The lowest BCUT2D eigenvalue weighted by Gasteiger charge is -2.26. The van der Waals surface area contributed by atoms with Crippen molar-refractivity contribution in [3.8, 4) is 5.69 Å². The number of rotatable bonds is 2. The van der Waals surface area contributed by atoms with Crippen LogP contribution in [0.2, 0.25) is 0 Å². The van der Waals surface area contributed by atoms with Crippen molar-refractivity contribution in [2.24, 2.45) is 0 Å². The van der Waals surface area contributed by atoms with Crippen LogP contribution in [0.3, 0.4) is 0 Å². The number of nitrogens with zero attached hydrogens (tertiary/aromatic N) is 3. The van der Waals surface area contributed by atoms with Crippen LogP contribution in [-0.4, -0.2) is 20.1 Å². The molecule has 0 amide bonds. The monoisotopic (exact) mass is 257 g/mol. The lowest BCUT2D eigenvalue weighted by Crippen LogP contribution is -2.28. The number of aromatic nitrogens is 3. The summed E-state index contributed by atoms with van der Waals surface area (Å²) in [6, 6.07) is 9.88. The average molecular weight is 257 g/mol. The highest BCUT2D eigenvalue weighted by atomic mass is 16.3. The van der Waals surface area contributed by atoms with Gasteiger partial charge in [0.2, 0.25) is 0 Å². The smallest absolute Gasteiger partial charge is 0.108 e. The van der Waals surface area contributed by atoms with Crippen molar-refractivity contribution in [3.05, 3.63) is 42.2 Å². The van der Waals surface area contributed by atoms with Crippen molar-refractivity contribution >= 4 is 0 Å². The minimum absolute atomic E-state index is 0.782. The van der Waals surface area contributed by atoms with E-state index in [9.17, 15) is 5.11 Å². The fourth-order valence-electron chi connectivity index (χ4n) is 2.88. The van der Waals surface area contributed by atoms with Gasteiger partial charge in [0, 0.05) is 0 Å². The molecule has 100 valence electrons. The molecule has 0 bridgehead atoms. The first-order valence-corrected chi connectivity index (χ1v) is 6.99. The number of hydrogen-bond acceptors (Lipinski definition) is 3. The van der Waals surface area contributed by atoms with E-state index in [1.54, 1.807) is 10.9 Å². The van der Waals surface area contributed by atoms with Crippen molar-refractivity contribution in [2.75, 3.05) is 0 Å². The molecule has 19 heavy (non-hydrogen) atoms. The molecule has 0 aliphatic heterocycles. The van der Waals surface area contributed by atoms with E-state index >= 15 is 0 Å². The van der Waals surface area contributed by atoms with Crippen molar-refractivity contribution in [1.82, 2.24) is 15.0 Å². The molecule has 0 atom stereocenters. The summed E-state index contributed by atoms with van der Waals surface area (Å²) in [5.74, 6) is 0. The molecule has 4 nitrogen and oxygen atoms in total. The zero-order valence-electron chi connectivity index (χ0n) is 11.0. The summed E-state index contributed by atoms with van der Waals surface area (Å²) in [5.41, 5.74) is 0.990. The van der Waals surface area contributed by atoms with Gasteiger partial charge < -0.3 is 5.11 Å². The molecular formula is C15H19N3O. The topological polar surface area (TPSA) is 50.9 Å². The Morgan fingerprint density at radius 1 is 1.00 bits per heavy atom. The van der Waals surface area contributed by atoms with E-state index in [1.165, 1.54) is 12.8 Å². The Morgan fingerprint density at radius 3 is 2.37 bits per heavy atom. The fraction of sp³-hybridized carbons (Fsp3) is 0.467. The average Bonchev–Trinajstić information content (AvgIpc) is 2.84. The van der Waals surface area contributed by atoms with Gasteiger partial charge in [-0.05, 0) is 25.0 Å². The Hall–Kier alpha value is -1.68. The molecule has 4 heteroatoms. The zero-order valence-corrected chi connectivity index (χ0v) is 11.0. The van der Waals surface area contributed by atoms with Crippen LogP contribution in [0.5, 0.6) is 0 Å². The zero-order chi connectivity index (χ0) is 13.1. The minimum Gasteiger partial charge on any atom is -0.383 e. The molecule has 1 heterocycles. The van der Waals surface area contributed by atoms with Gasteiger partial charge in [-0.2, -0.15) is 0 Å². The van der Waals surface area contributed by atoms with Crippen LogP contribution in [-0.2, 0) is 5.60 Å². The van der Waals surface area contributed by atoms with Gasteiger partial charge in [-0.25, -0.2) is 4.68 Å². The summed E-state index contributed by atoms with van der Waals surface area (Å²) in [5, 5.41) is 19.1. The molecule has 0 radical (unpaired) electrons. The first kappa shape index (κ1) is 12.4. The third-order valence-electron chi connectivity index (χ3n) is 3.96. The van der Waals surface area contributed by atoms with Gasteiger partial charge in [0.05, 0.1) is 17.6 Å². The van der Waals surface area contributed by atoms with E-state index in [2.05, 4.69) is 10.3 Å². The molecule has 3 rings (SSSR count). The third-order valence-corrected chi connectivity index (χ3v) is 3.96. The molecule has 1 aromatic heterocycles. The Balaban J connectivity index is 1.99. The van der Waals surface area contributed by atoms with Crippen molar-refractivity contribution < 1.29 is 5.11 Å². The lowest BCUT2D eigenvalue weighted by molar-refractivity contribution is 0.0141. The minimum atomic E-state index is -0.782. The first-order chi connectivity index (χ1) is 9.30. The Labute approximate surface area is 113 Å². The van der Waals surface area contributed by atoms with Crippen molar-refractivity contribution in [2.45, 2.75) is 44.1 Å². The normalized spacial score (nSPS) is 19.0. The highest BCUT2D eigenvalue weighted by Gasteiger charge is 2.34. The van der Waals surface area contributed by atoms with Gasteiger partial charge in [0.1, 0.15) is 5.60 Å². The highest BCUT2D eigenvalue weighted by Crippen LogP contribution is 2.36. The standard InChI is InChI=1S/C15H19N3O/c19-15(10-6-1-2-7-11-15)14-12-16-17-18(14)13-8-4-3-5-9-13/h3-5,8-9,12,19H,1-2,6-7,10-11H2. The van der Waals surface area contributed by atoms with Crippen LogP contribution in [0.15, 0.2) is 36.5 Å². The molecule has 1 aromatic carbocycles. The van der Waals surface area contributed by atoms with Crippen LogP contribution in [0.4, 0.5) is 0 Å². The summed E-state index contributed by atoms with van der Waals surface area (Å²) >= 11 is 0. The Bertz CT molecular complexity index is 527. The molecule has 2 aromatic rings. The molecule has 0 saturated heterocycles. The van der Waals surface area contributed by atoms with Gasteiger partial charge in [-0.15, -0.1) is 5.10 Å². The van der Waals surface area contributed by atoms with E-state index in [4.69, 9.17) is 0 Å². The van der Waals surface area contributed by atoms with E-state index in [0.717, 1.165) is 37.1 Å². The lowest BCUT2D eigenvalue weighted by atomic mass is 9.91.